The van der Waals surface area contributed by atoms with E-state index in [1.165, 1.54) is 24.4 Å². The minimum atomic E-state index is -0.561. The fourth-order valence-electron chi connectivity index (χ4n) is 3.98. The number of aryl methyl sites for hydroxylation is 2. The maximum atomic E-state index is 12.8. The van der Waals surface area contributed by atoms with Crippen LogP contribution in [0.4, 0.5) is 4.79 Å². The van der Waals surface area contributed by atoms with Crippen LogP contribution in [-0.2, 0) is 13.0 Å². The monoisotopic (exact) mass is 408 g/mol. The molecule has 0 spiro atoms. The van der Waals surface area contributed by atoms with Gasteiger partial charge in [0, 0.05) is 11.9 Å². The number of methoxy groups -OCH3 is 2. The van der Waals surface area contributed by atoms with Gasteiger partial charge in [-0.25, -0.2) is 4.79 Å². The maximum absolute atomic E-state index is 12.8. The number of nitrogens with one attached hydrogen (secondary N) is 1. The van der Waals surface area contributed by atoms with Crippen LogP contribution in [0.15, 0.2) is 47.4 Å². The average Bonchev–Trinajstić information content (AvgIpc) is 3.17. The molecule has 30 heavy (non-hydrogen) atoms. The molecule has 0 saturated carbocycles. The number of hydrogen-bond donors (Lipinski definition) is 1. The van der Waals surface area contributed by atoms with Gasteiger partial charge in [-0.1, -0.05) is 24.3 Å². The molecule has 156 valence electrons. The van der Waals surface area contributed by atoms with Gasteiger partial charge in [-0.3, -0.25) is 4.79 Å². The molecule has 0 fully saturated rings. The summed E-state index contributed by atoms with van der Waals surface area (Å²) in [7, 11) is 3.02. The van der Waals surface area contributed by atoms with Crippen molar-refractivity contribution >= 4 is 16.9 Å². The Balaban J connectivity index is 1.69. The first-order valence-corrected chi connectivity index (χ1v) is 9.91. The number of carbonyl (C=O) groups is 1. The lowest BCUT2D eigenvalue weighted by atomic mass is 10.1. The molecule has 1 aliphatic carbocycles. The molecule has 0 aliphatic heterocycles. The lowest BCUT2D eigenvalue weighted by Crippen LogP contribution is -2.30. The van der Waals surface area contributed by atoms with E-state index in [4.69, 9.17) is 14.2 Å². The number of ether oxygens (including phenoxy) is 3. The molecular formula is C23H24N2O5. The molecular weight excluding hydrogens is 384 g/mol. The van der Waals surface area contributed by atoms with E-state index in [-0.39, 0.29) is 17.4 Å². The summed E-state index contributed by atoms with van der Waals surface area (Å²) in [4.78, 5) is 25.5. The highest BCUT2D eigenvalue weighted by Crippen LogP contribution is 2.35. The first-order valence-electron chi connectivity index (χ1n) is 9.91. The highest BCUT2D eigenvalue weighted by molar-refractivity contribution is 5.92. The zero-order valence-electron chi connectivity index (χ0n) is 17.2. The van der Waals surface area contributed by atoms with Gasteiger partial charge in [0.25, 0.3) is 5.56 Å². The summed E-state index contributed by atoms with van der Waals surface area (Å²) < 4.78 is 17.9. The van der Waals surface area contributed by atoms with Crippen LogP contribution in [0, 0.1) is 0 Å². The summed E-state index contributed by atoms with van der Waals surface area (Å²) in [5.74, 6) is 1.18. The van der Waals surface area contributed by atoms with Gasteiger partial charge in [-0.05, 0) is 43.0 Å². The zero-order chi connectivity index (χ0) is 21.3. The van der Waals surface area contributed by atoms with Crippen LogP contribution < -0.4 is 25.1 Å². The van der Waals surface area contributed by atoms with Crippen LogP contribution in [0.5, 0.6) is 17.2 Å². The Labute approximate surface area is 174 Å². The standard InChI is InChI=1S/C23H24N2O5/c1-4-25-13-21(16-11-19(28-2)20(29-3)12-17(16)22(25)26)30-23(27)24-18-10-9-14-7-5-6-8-15(14)18/h5-8,11-13,18H,4,9-10H2,1-3H3,(H,24,27)/t18-/m1/s1. The van der Waals surface area contributed by atoms with E-state index >= 15 is 0 Å². The summed E-state index contributed by atoms with van der Waals surface area (Å²) in [5.41, 5.74) is 2.17. The Morgan fingerprint density at radius 2 is 1.80 bits per heavy atom. The normalized spacial score (nSPS) is 15.0. The fraction of sp³-hybridized carbons (Fsp3) is 0.304. The molecule has 2 aromatic carbocycles. The molecule has 1 amide bonds. The summed E-state index contributed by atoms with van der Waals surface area (Å²) in [6, 6.07) is 11.2. The highest BCUT2D eigenvalue weighted by Gasteiger charge is 2.25. The molecule has 1 N–H and O–H groups in total. The van der Waals surface area contributed by atoms with Gasteiger partial charge < -0.3 is 24.1 Å². The van der Waals surface area contributed by atoms with Crippen LogP contribution in [0.2, 0.25) is 0 Å². The third-order valence-corrected chi connectivity index (χ3v) is 5.52. The molecule has 7 heteroatoms. The number of amides is 1. The van der Waals surface area contributed by atoms with E-state index in [1.54, 1.807) is 18.3 Å². The molecule has 1 aliphatic rings. The predicted molar refractivity (Wildman–Crippen MR) is 114 cm³/mol. The van der Waals surface area contributed by atoms with Crippen molar-refractivity contribution in [1.29, 1.82) is 0 Å². The lowest BCUT2D eigenvalue weighted by molar-refractivity contribution is 0.196. The number of pyridine rings is 1. The molecule has 0 saturated heterocycles. The van der Waals surface area contributed by atoms with Crippen LogP contribution in [0.3, 0.4) is 0 Å². The summed E-state index contributed by atoms with van der Waals surface area (Å²) in [6.45, 7) is 2.30. The molecule has 0 bridgehead atoms. The van der Waals surface area contributed by atoms with E-state index in [0.29, 0.717) is 28.8 Å². The number of rotatable bonds is 5. The van der Waals surface area contributed by atoms with Crippen molar-refractivity contribution in [1.82, 2.24) is 9.88 Å². The van der Waals surface area contributed by atoms with Gasteiger partial charge in [0.15, 0.2) is 17.2 Å². The topological polar surface area (TPSA) is 78.8 Å². The number of carbonyl (C=O) groups excluding carboxylic acids is 1. The van der Waals surface area contributed by atoms with Gasteiger partial charge >= 0.3 is 6.09 Å². The largest absolute Gasteiger partial charge is 0.493 e. The second-order valence-electron chi connectivity index (χ2n) is 7.16. The van der Waals surface area contributed by atoms with Gasteiger partial charge in [-0.15, -0.1) is 0 Å². The Bertz CT molecular complexity index is 1170. The van der Waals surface area contributed by atoms with Crippen molar-refractivity contribution in [2.24, 2.45) is 0 Å². The smallest absolute Gasteiger partial charge is 0.413 e. The number of nitrogens with zero attached hydrogens (tertiary/aromatic N) is 1. The Morgan fingerprint density at radius 3 is 2.50 bits per heavy atom. The maximum Gasteiger partial charge on any atom is 0.413 e. The number of fused-ring (bicyclic) bond motifs is 2. The van der Waals surface area contributed by atoms with E-state index in [1.807, 2.05) is 25.1 Å². The van der Waals surface area contributed by atoms with Crippen molar-refractivity contribution in [2.75, 3.05) is 14.2 Å². The minimum Gasteiger partial charge on any atom is -0.493 e. The van der Waals surface area contributed by atoms with Crippen molar-refractivity contribution in [3.05, 3.63) is 64.1 Å². The summed E-state index contributed by atoms with van der Waals surface area (Å²) in [5, 5.41) is 3.83. The summed E-state index contributed by atoms with van der Waals surface area (Å²) >= 11 is 0. The van der Waals surface area contributed by atoms with Crippen LogP contribution in [0.1, 0.15) is 30.5 Å². The molecule has 4 rings (SSSR count). The van der Waals surface area contributed by atoms with Gasteiger partial charge in [-0.2, -0.15) is 0 Å². The highest BCUT2D eigenvalue weighted by atomic mass is 16.6. The fourth-order valence-corrected chi connectivity index (χ4v) is 3.98. The van der Waals surface area contributed by atoms with E-state index in [9.17, 15) is 9.59 Å². The van der Waals surface area contributed by atoms with Crippen molar-refractivity contribution in [2.45, 2.75) is 32.4 Å². The second-order valence-corrected chi connectivity index (χ2v) is 7.16. The molecule has 1 aromatic heterocycles. The van der Waals surface area contributed by atoms with Crippen molar-refractivity contribution in [3.8, 4) is 17.2 Å². The van der Waals surface area contributed by atoms with Gasteiger partial charge in [0.2, 0.25) is 0 Å². The van der Waals surface area contributed by atoms with E-state index < -0.39 is 6.09 Å². The Morgan fingerprint density at radius 1 is 1.10 bits per heavy atom. The molecule has 0 unspecified atom stereocenters. The molecule has 1 atom stereocenters. The minimum absolute atomic E-state index is 0.0910. The third-order valence-electron chi connectivity index (χ3n) is 5.52. The molecule has 7 nitrogen and oxygen atoms in total. The SMILES string of the molecule is CCn1cc(OC(=O)N[C@@H]2CCc3ccccc32)c2cc(OC)c(OC)cc2c1=O. The molecule has 0 radical (unpaired) electrons. The first kappa shape index (κ1) is 19.8. The summed E-state index contributed by atoms with van der Waals surface area (Å²) in [6.07, 6.45) is 2.74. The van der Waals surface area contributed by atoms with Gasteiger partial charge in [0.1, 0.15) is 0 Å². The molecule has 3 aromatic rings. The zero-order valence-corrected chi connectivity index (χ0v) is 17.2. The van der Waals surface area contributed by atoms with E-state index in [2.05, 4.69) is 11.4 Å². The number of hydrogen-bond acceptors (Lipinski definition) is 5. The van der Waals surface area contributed by atoms with Crippen LogP contribution >= 0.6 is 0 Å². The molecule has 1 heterocycles. The number of aromatic nitrogens is 1. The van der Waals surface area contributed by atoms with Crippen molar-refractivity contribution in [3.63, 3.8) is 0 Å². The average molecular weight is 408 g/mol. The first-order chi connectivity index (χ1) is 14.5. The van der Waals surface area contributed by atoms with Crippen molar-refractivity contribution < 1.29 is 19.0 Å². The predicted octanol–water partition coefficient (Wildman–Crippen LogP) is 3.81. The quantitative estimate of drug-likeness (QED) is 0.694. The number of benzene rings is 2. The lowest BCUT2D eigenvalue weighted by Gasteiger charge is -2.17. The van der Waals surface area contributed by atoms with Crippen LogP contribution in [0.25, 0.3) is 10.8 Å². The Hall–Kier alpha value is -3.48. The van der Waals surface area contributed by atoms with Gasteiger partial charge in [0.05, 0.1) is 31.8 Å². The van der Waals surface area contributed by atoms with Crippen LogP contribution in [-0.4, -0.2) is 24.9 Å². The third kappa shape index (κ3) is 3.47. The Kier molecular flexibility index (Phi) is 5.35. The van der Waals surface area contributed by atoms with E-state index in [0.717, 1.165) is 18.4 Å². The second kappa shape index (κ2) is 8.10.